The molecular formula is C11H18N2O4S. The summed E-state index contributed by atoms with van der Waals surface area (Å²) in [7, 11) is 0. The Kier molecular flexibility index (Phi) is 4.01. The largest absolute Gasteiger partial charge is 0.480 e. The number of carbonyl (C=O) groups excluding carboxylic acids is 1. The van der Waals surface area contributed by atoms with Crippen LogP contribution in [0.25, 0.3) is 0 Å². The molecule has 0 spiro atoms. The van der Waals surface area contributed by atoms with Gasteiger partial charge in [-0.3, -0.25) is 4.90 Å². The highest BCUT2D eigenvalue weighted by Crippen LogP contribution is 2.31. The summed E-state index contributed by atoms with van der Waals surface area (Å²) in [5, 5.41) is 18.1. The van der Waals surface area contributed by atoms with Crippen molar-refractivity contribution in [2.75, 3.05) is 25.4 Å². The molecule has 2 heterocycles. The van der Waals surface area contributed by atoms with Crippen molar-refractivity contribution in [2.45, 2.75) is 24.8 Å². The molecule has 0 aromatic heterocycles. The van der Waals surface area contributed by atoms with E-state index in [1.54, 1.807) is 4.90 Å². The smallest absolute Gasteiger partial charge is 0.327 e. The molecule has 2 aliphatic rings. The molecule has 6 nitrogen and oxygen atoms in total. The Morgan fingerprint density at radius 1 is 1.44 bits per heavy atom. The first kappa shape index (κ1) is 13.5. The van der Waals surface area contributed by atoms with Gasteiger partial charge in [-0.25, -0.2) is 9.59 Å². The van der Waals surface area contributed by atoms with Crippen LogP contribution in [0.1, 0.15) is 13.3 Å². The maximum atomic E-state index is 12.3. The second-order valence-corrected chi connectivity index (χ2v) is 6.11. The zero-order chi connectivity index (χ0) is 13.3. The number of hydrogen-bond donors (Lipinski definition) is 2. The van der Waals surface area contributed by atoms with E-state index in [9.17, 15) is 9.59 Å². The first-order chi connectivity index (χ1) is 8.54. The average Bonchev–Trinajstić information content (AvgIpc) is 2.94. The van der Waals surface area contributed by atoms with E-state index >= 15 is 0 Å². The van der Waals surface area contributed by atoms with Gasteiger partial charge in [0.05, 0.1) is 5.37 Å². The maximum Gasteiger partial charge on any atom is 0.327 e. The van der Waals surface area contributed by atoms with Crippen molar-refractivity contribution in [3.8, 4) is 0 Å². The van der Waals surface area contributed by atoms with Gasteiger partial charge in [0, 0.05) is 31.4 Å². The van der Waals surface area contributed by atoms with Crippen LogP contribution in [0.5, 0.6) is 0 Å². The van der Waals surface area contributed by atoms with Crippen molar-refractivity contribution in [3.05, 3.63) is 0 Å². The minimum Gasteiger partial charge on any atom is -0.480 e. The van der Waals surface area contributed by atoms with Crippen LogP contribution in [0.3, 0.4) is 0 Å². The highest BCUT2D eigenvalue weighted by molar-refractivity contribution is 8.00. The third-order valence-electron chi connectivity index (χ3n) is 3.54. The summed E-state index contributed by atoms with van der Waals surface area (Å²) in [6.07, 6.45) is 0.787. The second kappa shape index (κ2) is 5.36. The molecule has 0 aliphatic carbocycles. The van der Waals surface area contributed by atoms with Crippen LogP contribution in [-0.4, -0.2) is 68.9 Å². The van der Waals surface area contributed by atoms with E-state index < -0.39 is 12.0 Å². The van der Waals surface area contributed by atoms with Gasteiger partial charge in [0.1, 0.15) is 6.04 Å². The van der Waals surface area contributed by atoms with Crippen LogP contribution in [0.15, 0.2) is 0 Å². The standard InChI is InChI=1S/C11H18N2O4S/c1-7-13(9(6-18-7)10(15)16)11(17)12-3-2-8(4-12)5-14/h7-9,14H,2-6H2,1H3,(H,15,16). The van der Waals surface area contributed by atoms with Crippen LogP contribution in [0.2, 0.25) is 0 Å². The molecule has 0 aromatic rings. The Morgan fingerprint density at radius 3 is 2.72 bits per heavy atom. The molecule has 2 N–H and O–H groups in total. The number of likely N-dealkylation sites (tertiary alicyclic amines) is 1. The van der Waals surface area contributed by atoms with Gasteiger partial charge >= 0.3 is 12.0 Å². The molecule has 2 rings (SSSR count). The molecule has 18 heavy (non-hydrogen) atoms. The maximum absolute atomic E-state index is 12.3. The van der Waals surface area contributed by atoms with Gasteiger partial charge in [-0.2, -0.15) is 0 Å². The zero-order valence-electron chi connectivity index (χ0n) is 10.3. The van der Waals surface area contributed by atoms with Gasteiger partial charge in [-0.15, -0.1) is 11.8 Å². The molecule has 102 valence electrons. The normalized spacial score (nSPS) is 32.0. The van der Waals surface area contributed by atoms with Gasteiger partial charge in [0.15, 0.2) is 0 Å². The Bertz CT molecular complexity index is 352. The van der Waals surface area contributed by atoms with Gasteiger partial charge < -0.3 is 15.1 Å². The van der Waals surface area contributed by atoms with E-state index in [0.29, 0.717) is 18.8 Å². The van der Waals surface area contributed by atoms with Gasteiger partial charge in [-0.1, -0.05) is 0 Å². The molecule has 2 fully saturated rings. The van der Waals surface area contributed by atoms with E-state index in [4.69, 9.17) is 10.2 Å². The van der Waals surface area contributed by atoms with Crippen LogP contribution < -0.4 is 0 Å². The Morgan fingerprint density at radius 2 is 2.17 bits per heavy atom. The van der Waals surface area contributed by atoms with E-state index in [0.717, 1.165) is 6.42 Å². The number of nitrogens with zero attached hydrogens (tertiary/aromatic N) is 2. The number of aliphatic hydroxyl groups excluding tert-OH is 1. The fourth-order valence-electron chi connectivity index (χ4n) is 2.44. The lowest BCUT2D eigenvalue weighted by molar-refractivity contribution is -0.141. The molecule has 2 amide bonds. The fourth-order valence-corrected chi connectivity index (χ4v) is 3.60. The Labute approximate surface area is 110 Å². The number of thioether (sulfide) groups is 1. The summed E-state index contributed by atoms with van der Waals surface area (Å²) in [4.78, 5) is 26.6. The number of hydrogen-bond acceptors (Lipinski definition) is 4. The van der Waals surface area contributed by atoms with Crippen molar-refractivity contribution in [1.29, 1.82) is 0 Å². The summed E-state index contributed by atoms with van der Waals surface area (Å²) in [5.74, 6) is -0.375. The number of carboxylic acids is 1. The summed E-state index contributed by atoms with van der Waals surface area (Å²) in [6.45, 7) is 3.06. The van der Waals surface area contributed by atoms with Crippen LogP contribution in [-0.2, 0) is 4.79 Å². The van der Waals surface area contributed by atoms with Crippen LogP contribution in [0, 0.1) is 5.92 Å². The lowest BCUT2D eigenvalue weighted by atomic mass is 10.1. The van der Waals surface area contributed by atoms with E-state index in [2.05, 4.69) is 0 Å². The Balaban J connectivity index is 2.05. The number of aliphatic hydroxyl groups is 1. The summed E-state index contributed by atoms with van der Waals surface area (Å²) in [5.41, 5.74) is 0. The predicted octanol–water partition coefficient (Wildman–Crippen LogP) is 0.269. The van der Waals surface area contributed by atoms with Crippen LogP contribution in [0.4, 0.5) is 4.79 Å². The molecule has 3 atom stereocenters. The van der Waals surface area contributed by atoms with Crippen molar-refractivity contribution in [3.63, 3.8) is 0 Å². The topological polar surface area (TPSA) is 81.1 Å². The number of amides is 2. The third kappa shape index (κ3) is 2.42. The fraction of sp³-hybridized carbons (Fsp3) is 0.818. The SMILES string of the molecule is CC1SCC(C(=O)O)N1C(=O)N1CCC(CO)C1. The monoisotopic (exact) mass is 274 g/mol. The first-order valence-electron chi connectivity index (χ1n) is 6.07. The molecule has 0 radical (unpaired) electrons. The van der Waals surface area contributed by atoms with Crippen molar-refractivity contribution in [2.24, 2.45) is 5.92 Å². The minimum absolute atomic E-state index is 0.0798. The number of carboxylic acid groups (broad SMARTS) is 1. The summed E-state index contributed by atoms with van der Waals surface area (Å²) in [6, 6.07) is -0.943. The highest BCUT2D eigenvalue weighted by atomic mass is 32.2. The summed E-state index contributed by atoms with van der Waals surface area (Å²) < 4.78 is 0. The van der Waals surface area contributed by atoms with Gasteiger partial charge in [0.2, 0.25) is 0 Å². The zero-order valence-corrected chi connectivity index (χ0v) is 11.1. The Hall–Kier alpha value is -0.950. The highest BCUT2D eigenvalue weighted by Gasteiger charge is 2.42. The second-order valence-electron chi connectivity index (χ2n) is 4.76. The molecule has 7 heteroatoms. The number of rotatable bonds is 2. The molecule has 0 aromatic carbocycles. The van der Waals surface area contributed by atoms with Gasteiger partial charge in [0.25, 0.3) is 0 Å². The van der Waals surface area contributed by atoms with Gasteiger partial charge in [-0.05, 0) is 13.3 Å². The number of carbonyl (C=O) groups is 2. The molecule has 3 unspecified atom stereocenters. The number of aliphatic carboxylic acids is 1. The quantitative estimate of drug-likeness (QED) is 0.755. The van der Waals surface area contributed by atoms with Crippen molar-refractivity contribution in [1.82, 2.24) is 9.80 Å². The molecular weight excluding hydrogens is 256 g/mol. The third-order valence-corrected chi connectivity index (χ3v) is 4.76. The molecule has 2 aliphatic heterocycles. The van der Waals surface area contributed by atoms with E-state index in [1.807, 2.05) is 6.92 Å². The van der Waals surface area contributed by atoms with E-state index in [1.165, 1.54) is 16.7 Å². The molecule has 0 saturated carbocycles. The average molecular weight is 274 g/mol. The molecule has 2 saturated heterocycles. The first-order valence-corrected chi connectivity index (χ1v) is 7.12. The van der Waals surface area contributed by atoms with E-state index in [-0.39, 0.29) is 23.9 Å². The number of urea groups is 1. The lowest BCUT2D eigenvalue weighted by Crippen LogP contribution is -2.50. The molecule has 0 bridgehead atoms. The minimum atomic E-state index is -0.946. The summed E-state index contributed by atoms with van der Waals surface area (Å²) >= 11 is 1.48. The van der Waals surface area contributed by atoms with Crippen LogP contribution >= 0.6 is 11.8 Å². The van der Waals surface area contributed by atoms with Crippen molar-refractivity contribution < 1.29 is 19.8 Å². The predicted molar refractivity (Wildman–Crippen MR) is 67.3 cm³/mol. The lowest BCUT2D eigenvalue weighted by Gasteiger charge is -2.30. The van der Waals surface area contributed by atoms with Crippen molar-refractivity contribution >= 4 is 23.8 Å².